The van der Waals surface area contributed by atoms with Gasteiger partial charge in [0.05, 0.1) is 0 Å². The monoisotopic (exact) mass is 392 g/mol. The van der Waals surface area contributed by atoms with Crippen molar-refractivity contribution in [1.29, 1.82) is 0 Å². The fraction of sp³-hybridized carbons (Fsp3) is 0.333. The topological polar surface area (TPSA) is 64.7 Å². The van der Waals surface area contributed by atoms with Crippen LogP contribution in [0, 0.1) is 0 Å². The molecule has 1 aromatic carbocycles. The number of halogens is 1. The molecular formula is C18H21ClN4O2S. The molecule has 0 unspecified atom stereocenters. The molecule has 0 saturated carbocycles. The van der Waals surface area contributed by atoms with Gasteiger partial charge in [0, 0.05) is 60.9 Å². The van der Waals surface area contributed by atoms with Gasteiger partial charge < -0.3 is 15.5 Å². The number of hydrogen-bond acceptors (Lipinski definition) is 4. The molecule has 1 aliphatic heterocycles. The Labute approximate surface area is 161 Å². The number of amides is 3. The lowest BCUT2D eigenvalue weighted by Gasteiger charge is -2.34. The smallest absolute Gasteiger partial charge is 0.321 e. The molecule has 3 amide bonds. The third-order valence-corrected chi connectivity index (χ3v) is 5.19. The average molecular weight is 393 g/mol. The second-order valence-corrected chi connectivity index (χ2v) is 7.25. The molecule has 138 valence electrons. The maximum atomic E-state index is 12.3. The van der Waals surface area contributed by atoms with Crippen LogP contribution in [0.3, 0.4) is 0 Å². The van der Waals surface area contributed by atoms with E-state index in [-0.39, 0.29) is 11.9 Å². The molecule has 2 N–H and O–H groups in total. The number of hydrogen-bond donors (Lipinski definition) is 2. The average Bonchev–Trinajstić information content (AvgIpc) is 3.19. The standard InChI is InChI=1S/C18H21ClN4O2S/c19-15-1-3-16(4-2-15)21-18(25)23-10-8-22(9-11-23)7-6-20-17(24)14-5-12-26-13-14/h1-5,12-13H,6-11H2,(H,20,24)(H,21,25). The Morgan fingerprint density at radius 3 is 2.46 bits per heavy atom. The van der Waals surface area contributed by atoms with E-state index in [2.05, 4.69) is 15.5 Å². The first kappa shape index (κ1) is 18.7. The number of urea groups is 1. The van der Waals surface area contributed by atoms with Crippen molar-refractivity contribution in [2.45, 2.75) is 0 Å². The highest BCUT2D eigenvalue weighted by Crippen LogP contribution is 2.14. The zero-order valence-corrected chi connectivity index (χ0v) is 15.9. The van der Waals surface area contributed by atoms with Crippen LogP contribution in [0.1, 0.15) is 10.4 Å². The van der Waals surface area contributed by atoms with Crippen LogP contribution in [-0.2, 0) is 0 Å². The van der Waals surface area contributed by atoms with E-state index in [0.29, 0.717) is 30.2 Å². The van der Waals surface area contributed by atoms with Crippen LogP contribution < -0.4 is 10.6 Å². The molecule has 1 saturated heterocycles. The number of thiophene rings is 1. The lowest BCUT2D eigenvalue weighted by atomic mass is 10.3. The normalized spacial score (nSPS) is 14.9. The molecule has 0 bridgehead atoms. The fourth-order valence-electron chi connectivity index (χ4n) is 2.73. The van der Waals surface area contributed by atoms with Gasteiger partial charge in [0.15, 0.2) is 0 Å². The maximum Gasteiger partial charge on any atom is 0.321 e. The third-order valence-electron chi connectivity index (χ3n) is 4.25. The summed E-state index contributed by atoms with van der Waals surface area (Å²) in [5.41, 5.74) is 1.44. The first-order valence-corrected chi connectivity index (χ1v) is 9.78. The minimum atomic E-state index is -0.0993. The summed E-state index contributed by atoms with van der Waals surface area (Å²) in [6.45, 7) is 4.30. The first-order chi connectivity index (χ1) is 12.6. The van der Waals surface area contributed by atoms with E-state index < -0.39 is 0 Å². The zero-order chi connectivity index (χ0) is 18.4. The van der Waals surface area contributed by atoms with E-state index in [0.717, 1.165) is 25.3 Å². The highest BCUT2D eigenvalue weighted by atomic mass is 35.5. The number of nitrogens with zero attached hydrogens (tertiary/aromatic N) is 2. The Kier molecular flexibility index (Phi) is 6.49. The molecule has 2 aromatic rings. The predicted molar refractivity (Wildman–Crippen MR) is 105 cm³/mol. The fourth-order valence-corrected chi connectivity index (χ4v) is 3.50. The summed E-state index contributed by atoms with van der Waals surface area (Å²) in [4.78, 5) is 28.2. The Hall–Kier alpha value is -2.09. The number of carbonyl (C=O) groups is 2. The van der Waals surface area contributed by atoms with Crippen molar-refractivity contribution in [2.75, 3.05) is 44.6 Å². The summed E-state index contributed by atoms with van der Waals surface area (Å²) in [6, 6.07) is 8.79. The summed E-state index contributed by atoms with van der Waals surface area (Å²) in [6.07, 6.45) is 0. The van der Waals surface area contributed by atoms with Crippen LogP contribution in [0.15, 0.2) is 41.1 Å². The number of piperazine rings is 1. The molecular weight excluding hydrogens is 372 g/mol. The van der Waals surface area contributed by atoms with Crippen LogP contribution in [0.25, 0.3) is 0 Å². The van der Waals surface area contributed by atoms with Crippen molar-refractivity contribution < 1.29 is 9.59 Å². The molecule has 0 atom stereocenters. The van der Waals surface area contributed by atoms with Crippen molar-refractivity contribution in [3.8, 4) is 0 Å². The van der Waals surface area contributed by atoms with Gasteiger partial charge in [-0.05, 0) is 35.7 Å². The SMILES string of the molecule is O=C(NCCN1CCN(C(=O)Nc2ccc(Cl)cc2)CC1)c1ccsc1. The minimum Gasteiger partial charge on any atom is -0.351 e. The van der Waals surface area contributed by atoms with Crippen LogP contribution in [0.2, 0.25) is 5.02 Å². The van der Waals surface area contributed by atoms with Crippen LogP contribution >= 0.6 is 22.9 Å². The molecule has 6 nitrogen and oxygen atoms in total. The highest BCUT2D eigenvalue weighted by molar-refractivity contribution is 7.08. The molecule has 0 spiro atoms. The third kappa shape index (κ3) is 5.20. The molecule has 3 rings (SSSR count). The second-order valence-electron chi connectivity index (χ2n) is 6.03. The number of carbonyl (C=O) groups excluding carboxylic acids is 2. The van der Waals surface area contributed by atoms with Crippen LogP contribution in [0.5, 0.6) is 0 Å². The van der Waals surface area contributed by atoms with Gasteiger partial charge in [-0.15, -0.1) is 0 Å². The van der Waals surface area contributed by atoms with Crippen molar-refractivity contribution in [2.24, 2.45) is 0 Å². The summed E-state index contributed by atoms with van der Waals surface area (Å²) < 4.78 is 0. The van der Waals surface area contributed by atoms with E-state index >= 15 is 0 Å². The molecule has 1 aliphatic rings. The van der Waals surface area contributed by atoms with Gasteiger partial charge in [-0.2, -0.15) is 11.3 Å². The van der Waals surface area contributed by atoms with Crippen molar-refractivity contribution in [1.82, 2.24) is 15.1 Å². The van der Waals surface area contributed by atoms with Gasteiger partial charge >= 0.3 is 6.03 Å². The molecule has 0 radical (unpaired) electrons. The number of rotatable bonds is 5. The molecule has 1 aromatic heterocycles. The van der Waals surface area contributed by atoms with Crippen molar-refractivity contribution in [3.63, 3.8) is 0 Å². The summed E-state index contributed by atoms with van der Waals surface area (Å²) in [5, 5.41) is 10.2. The lowest BCUT2D eigenvalue weighted by Crippen LogP contribution is -2.51. The zero-order valence-electron chi connectivity index (χ0n) is 14.3. The molecule has 8 heteroatoms. The van der Waals surface area contributed by atoms with Gasteiger partial charge in [-0.3, -0.25) is 9.69 Å². The Balaban J connectivity index is 1.36. The van der Waals surface area contributed by atoms with Crippen molar-refractivity contribution in [3.05, 3.63) is 51.7 Å². The van der Waals surface area contributed by atoms with E-state index in [4.69, 9.17) is 11.6 Å². The van der Waals surface area contributed by atoms with Crippen LogP contribution in [0.4, 0.5) is 10.5 Å². The maximum absolute atomic E-state index is 12.3. The van der Waals surface area contributed by atoms with Crippen molar-refractivity contribution >= 4 is 40.6 Å². The van der Waals surface area contributed by atoms with Crippen LogP contribution in [-0.4, -0.2) is 61.0 Å². The van der Waals surface area contributed by atoms with Gasteiger partial charge in [-0.25, -0.2) is 4.79 Å². The first-order valence-electron chi connectivity index (χ1n) is 8.46. The predicted octanol–water partition coefficient (Wildman–Crippen LogP) is 2.98. The Bertz CT molecular complexity index is 728. The summed E-state index contributed by atoms with van der Waals surface area (Å²) in [7, 11) is 0. The molecule has 1 fully saturated rings. The van der Waals surface area contributed by atoms with E-state index in [9.17, 15) is 9.59 Å². The van der Waals surface area contributed by atoms with Gasteiger partial charge in [-0.1, -0.05) is 11.6 Å². The molecule has 26 heavy (non-hydrogen) atoms. The number of benzene rings is 1. The Morgan fingerprint density at radius 1 is 1.08 bits per heavy atom. The minimum absolute atomic E-state index is 0.0350. The molecule has 2 heterocycles. The summed E-state index contributed by atoms with van der Waals surface area (Å²) >= 11 is 7.36. The van der Waals surface area contributed by atoms with E-state index in [1.54, 1.807) is 29.2 Å². The Morgan fingerprint density at radius 2 is 1.81 bits per heavy atom. The quantitative estimate of drug-likeness (QED) is 0.822. The lowest BCUT2D eigenvalue weighted by molar-refractivity contribution is 0.0943. The summed E-state index contributed by atoms with van der Waals surface area (Å²) in [5.74, 6) is -0.0350. The second kappa shape index (κ2) is 9.02. The number of anilines is 1. The van der Waals surface area contributed by atoms with E-state index in [1.807, 2.05) is 16.8 Å². The number of nitrogens with one attached hydrogen (secondary N) is 2. The highest BCUT2D eigenvalue weighted by Gasteiger charge is 2.21. The molecule has 0 aliphatic carbocycles. The van der Waals surface area contributed by atoms with Gasteiger partial charge in [0.25, 0.3) is 5.91 Å². The largest absolute Gasteiger partial charge is 0.351 e. The van der Waals surface area contributed by atoms with E-state index in [1.165, 1.54) is 11.3 Å². The van der Waals surface area contributed by atoms with Gasteiger partial charge in [0.2, 0.25) is 0 Å². The van der Waals surface area contributed by atoms with Gasteiger partial charge in [0.1, 0.15) is 0 Å².